The van der Waals surface area contributed by atoms with Crippen LogP contribution in [0.15, 0.2) is 84.9 Å². The second-order valence-electron chi connectivity index (χ2n) is 10.1. The Labute approximate surface area is 232 Å². The van der Waals surface area contributed by atoms with Gasteiger partial charge in [-0.15, -0.1) is 12.4 Å². The molecule has 1 N–H and O–H groups in total. The van der Waals surface area contributed by atoms with E-state index in [2.05, 4.69) is 84.2 Å². The molecule has 2 atom stereocenters. The van der Waals surface area contributed by atoms with Crippen molar-refractivity contribution in [3.05, 3.63) is 113 Å². The second-order valence-corrected chi connectivity index (χ2v) is 10.1. The average molecular weight is 529 g/mol. The Morgan fingerprint density at radius 1 is 1.00 bits per heavy atom. The predicted molar refractivity (Wildman–Crippen MR) is 159 cm³/mol. The third-order valence-electron chi connectivity index (χ3n) is 7.63. The van der Waals surface area contributed by atoms with Crippen molar-refractivity contribution in [1.29, 1.82) is 0 Å². The minimum atomic E-state index is 0. The smallest absolute Gasteiger partial charge is 0.253 e. The van der Waals surface area contributed by atoms with Crippen molar-refractivity contribution < 1.29 is 9.53 Å². The summed E-state index contributed by atoms with van der Waals surface area (Å²) in [7, 11) is 1.86. The van der Waals surface area contributed by atoms with Crippen LogP contribution in [0.4, 0.5) is 0 Å². The number of hydrogen-bond donors (Lipinski definition) is 1. The molecule has 5 rings (SSSR count). The van der Waals surface area contributed by atoms with E-state index in [1.54, 1.807) is 4.90 Å². The normalized spacial score (nSPS) is 16.3. The fourth-order valence-corrected chi connectivity index (χ4v) is 5.37. The van der Waals surface area contributed by atoms with Gasteiger partial charge in [0, 0.05) is 37.2 Å². The summed E-state index contributed by atoms with van der Waals surface area (Å²) in [4.78, 5) is 14.8. The standard InChI is InChI=1S/C33H36N2O2.ClH/c1-4-35(3)33(36)30-20-26(17-16-23(30)2)31-21-27(37-32-15-8-7-14-29(31)32)22-34-19-18-25-12-9-11-24-10-5-6-13-28(24)25;/h5-17,20,27,31,34H,4,18-19,21-22H2,1-3H3;1H. The number of rotatable bonds is 8. The molecule has 0 saturated heterocycles. The van der Waals surface area contributed by atoms with Gasteiger partial charge in [-0.3, -0.25) is 4.79 Å². The van der Waals surface area contributed by atoms with E-state index in [4.69, 9.17) is 4.74 Å². The molecule has 0 bridgehead atoms. The maximum Gasteiger partial charge on any atom is 0.253 e. The summed E-state index contributed by atoms with van der Waals surface area (Å²) in [6.07, 6.45) is 1.91. The predicted octanol–water partition coefficient (Wildman–Crippen LogP) is 6.78. The molecule has 0 aliphatic carbocycles. The zero-order chi connectivity index (χ0) is 25.8. The number of amides is 1. The zero-order valence-electron chi connectivity index (χ0n) is 22.4. The summed E-state index contributed by atoms with van der Waals surface area (Å²) < 4.78 is 6.43. The lowest BCUT2D eigenvalue weighted by Crippen LogP contribution is -2.36. The number of halogens is 1. The third-order valence-corrected chi connectivity index (χ3v) is 7.63. The van der Waals surface area contributed by atoms with E-state index in [1.807, 2.05) is 27.0 Å². The van der Waals surface area contributed by atoms with Crippen molar-refractivity contribution in [1.82, 2.24) is 10.2 Å². The van der Waals surface area contributed by atoms with Crippen LogP contribution in [0.5, 0.6) is 5.75 Å². The Morgan fingerprint density at radius 2 is 1.76 bits per heavy atom. The Kier molecular flexibility index (Phi) is 9.09. The number of fused-ring (bicyclic) bond motifs is 2. The van der Waals surface area contributed by atoms with E-state index in [-0.39, 0.29) is 30.3 Å². The van der Waals surface area contributed by atoms with E-state index in [0.29, 0.717) is 6.54 Å². The van der Waals surface area contributed by atoms with Crippen molar-refractivity contribution in [3.8, 4) is 5.75 Å². The summed E-state index contributed by atoms with van der Waals surface area (Å²) in [5.41, 5.74) is 5.54. The largest absolute Gasteiger partial charge is 0.489 e. The highest BCUT2D eigenvalue weighted by Crippen LogP contribution is 2.40. The van der Waals surface area contributed by atoms with E-state index in [9.17, 15) is 4.79 Å². The van der Waals surface area contributed by atoms with Crippen molar-refractivity contribution >= 4 is 29.1 Å². The minimum absolute atomic E-state index is 0. The first-order valence-electron chi connectivity index (χ1n) is 13.3. The first-order chi connectivity index (χ1) is 18.0. The lowest BCUT2D eigenvalue weighted by molar-refractivity contribution is 0.0801. The highest BCUT2D eigenvalue weighted by molar-refractivity contribution is 5.95. The van der Waals surface area contributed by atoms with Crippen LogP contribution in [0.3, 0.4) is 0 Å². The second kappa shape index (κ2) is 12.5. The molecule has 1 amide bonds. The van der Waals surface area contributed by atoms with Crippen LogP contribution < -0.4 is 10.1 Å². The third kappa shape index (κ3) is 5.87. The van der Waals surface area contributed by atoms with Crippen LogP contribution in [-0.2, 0) is 6.42 Å². The Morgan fingerprint density at radius 3 is 2.61 bits per heavy atom. The molecule has 5 heteroatoms. The van der Waals surface area contributed by atoms with Crippen molar-refractivity contribution in [2.75, 3.05) is 26.7 Å². The first kappa shape index (κ1) is 27.7. The van der Waals surface area contributed by atoms with Crippen molar-refractivity contribution in [2.45, 2.75) is 38.7 Å². The maximum absolute atomic E-state index is 13.0. The number of hydrogen-bond acceptors (Lipinski definition) is 3. The van der Waals surface area contributed by atoms with Gasteiger partial charge in [0.15, 0.2) is 0 Å². The molecular formula is C33H37ClN2O2. The molecular weight excluding hydrogens is 492 g/mol. The number of nitrogens with one attached hydrogen (secondary N) is 1. The minimum Gasteiger partial charge on any atom is -0.489 e. The van der Waals surface area contributed by atoms with Crippen LogP contribution >= 0.6 is 12.4 Å². The summed E-state index contributed by atoms with van der Waals surface area (Å²) in [5.74, 6) is 1.21. The van der Waals surface area contributed by atoms with Crippen LogP contribution in [0.1, 0.15) is 51.9 Å². The summed E-state index contributed by atoms with van der Waals surface area (Å²) in [5, 5.41) is 6.26. The molecule has 0 spiro atoms. The summed E-state index contributed by atoms with van der Waals surface area (Å²) >= 11 is 0. The molecule has 0 saturated carbocycles. The molecule has 4 aromatic rings. The number of carbonyl (C=O) groups is 1. The number of para-hydroxylation sites is 1. The Hall–Kier alpha value is -3.34. The van der Waals surface area contributed by atoms with E-state index in [1.165, 1.54) is 27.5 Å². The SMILES string of the molecule is CCN(C)C(=O)c1cc(C2CC(CNCCc3cccc4ccccc34)Oc3ccccc32)ccc1C.Cl. The highest BCUT2D eigenvalue weighted by atomic mass is 35.5. The maximum atomic E-state index is 13.0. The van der Waals surface area contributed by atoms with Gasteiger partial charge in [0.1, 0.15) is 11.9 Å². The molecule has 1 aliphatic heterocycles. The first-order valence-corrected chi connectivity index (χ1v) is 13.3. The number of benzene rings is 4. The van der Waals surface area contributed by atoms with Crippen molar-refractivity contribution in [3.63, 3.8) is 0 Å². The zero-order valence-corrected chi connectivity index (χ0v) is 23.3. The van der Waals surface area contributed by atoms with E-state index in [0.717, 1.165) is 42.8 Å². The average Bonchev–Trinajstić information content (AvgIpc) is 2.94. The van der Waals surface area contributed by atoms with Gasteiger partial charge in [0.05, 0.1) is 0 Å². The van der Waals surface area contributed by atoms with Gasteiger partial charge in [-0.2, -0.15) is 0 Å². The Bertz CT molecular complexity index is 1400. The summed E-state index contributed by atoms with van der Waals surface area (Å²) in [6, 6.07) is 29.8. The van der Waals surface area contributed by atoms with Gasteiger partial charge in [0.2, 0.25) is 0 Å². The molecule has 1 aliphatic rings. The fourth-order valence-electron chi connectivity index (χ4n) is 5.37. The van der Waals surface area contributed by atoms with Gasteiger partial charge < -0.3 is 15.0 Å². The van der Waals surface area contributed by atoms with Gasteiger partial charge in [-0.1, -0.05) is 72.8 Å². The van der Waals surface area contributed by atoms with Crippen LogP contribution in [0, 0.1) is 6.92 Å². The molecule has 4 aromatic carbocycles. The number of ether oxygens (including phenoxy) is 1. The van der Waals surface area contributed by atoms with Gasteiger partial charge in [-0.25, -0.2) is 0 Å². The van der Waals surface area contributed by atoms with Crippen LogP contribution in [0.25, 0.3) is 10.8 Å². The molecule has 1 heterocycles. The molecule has 38 heavy (non-hydrogen) atoms. The Balaban J connectivity index is 0.00000336. The van der Waals surface area contributed by atoms with Gasteiger partial charge in [0.25, 0.3) is 5.91 Å². The lowest BCUT2D eigenvalue weighted by Gasteiger charge is -2.33. The van der Waals surface area contributed by atoms with E-state index >= 15 is 0 Å². The van der Waals surface area contributed by atoms with Crippen LogP contribution in [-0.4, -0.2) is 43.6 Å². The topological polar surface area (TPSA) is 41.6 Å². The number of aryl methyl sites for hydroxylation is 1. The number of carbonyl (C=O) groups excluding carboxylic acids is 1. The summed E-state index contributed by atoms with van der Waals surface area (Å²) in [6.45, 7) is 6.39. The molecule has 198 valence electrons. The molecule has 0 aromatic heterocycles. The molecule has 0 radical (unpaired) electrons. The highest BCUT2D eigenvalue weighted by Gasteiger charge is 2.30. The fraction of sp³-hybridized carbons (Fsp3) is 0.303. The molecule has 0 fully saturated rings. The van der Waals surface area contributed by atoms with Crippen LogP contribution in [0.2, 0.25) is 0 Å². The number of nitrogens with zero attached hydrogens (tertiary/aromatic N) is 1. The van der Waals surface area contributed by atoms with Gasteiger partial charge >= 0.3 is 0 Å². The quantitative estimate of drug-likeness (QED) is 0.256. The van der Waals surface area contributed by atoms with Crippen molar-refractivity contribution in [2.24, 2.45) is 0 Å². The van der Waals surface area contributed by atoms with Gasteiger partial charge in [-0.05, 0) is 72.8 Å². The van der Waals surface area contributed by atoms with E-state index < -0.39 is 0 Å². The molecule has 2 unspecified atom stereocenters. The monoisotopic (exact) mass is 528 g/mol. The lowest BCUT2D eigenvalue weighted by atomic mass is 9.83. The molecule has 4 nitrogen and oxygen atoms in total.